The zero-order valence-electron chi connectivity index (χ0n) is 19.0. The van der Waals surface area contributed by atoms with E-state index < -0.39 is 0 Å². The molecule has 0 heterocycles. The summed E-state index contributed by atoms with van der Waals surface area (Å²) < 4.78 is 0. The third-order valence-corrected chi connectivity index (χ3v) is 6.60. The highest BCUT2D eigenvalue weighted by molar-refractivity contribution is 4.86. The fourth-order valence-electron chi connectivity index (χ4n) is 4.78. The Hall–Kier alpha value is -0.260. The van der Waals surface area contributed by atoms with Gasteiger partial charge in [0.2, 0.25) is 0 Å². The maximum Gasteiger partial charge on any atom is -0.0208 e. The zero-order valence-corrected chi connectivity index (χ0v) is 19.0. The molecule has 0 saturated carbocycles. The number of rotatable bonds is 20. The third-order valence-electron chi connectivity index (χ3n) is 6.60. The molecule has 0 nitrogen and oxygen atoms in total. The highest BCUT2D eigenvalue weighted by atomic mass is 14.3. The average molecular weight is 365 g/mol. The summed E-state index contributed by atoms with van der Waals surface area (Å²) in [6, 6.07) is 0. The molecule has 0 fully saturated rings. The minimum Gasteiger partial charge on any atom is -0.103 e. The van der Waals surface area contributed by atoms with E-state index in [1.165, 1.54) is 109 Å². The molecule has 0 amide bonds. The molecule has 0 aliphatic rings. The lowest BCUT2D eigenvalue weighted by molar-refractivity contribution is 0.223. The second kappa shape index (κ2) is 19.5. The van der Waals surface area contributed by atoms with Crippen LogP contribution in [0, 0.1) is 17.8 Å². The van der Waals surface area contributed by atoms with Gasteiger partial charge >= 0.3 is 0 Å². The Kier molecular flexibility index (Phi) is 19.3. The summed E-state index contributed by atoms with van der Waals surface area (Å²) in [7, 11) is 0. The minimum atomic E-state index is 0.729. The number of hydrogen-bond donors (Lipinski definition) is 0. The van der Waals surface area contributed by atoms with Gasteiger partial charge < -0.3 is 0 Å². The minimum absolute atomic E-state index is 0.729. The first kappa shape index (κ1) is 25.7. The summed E-state index contributed by atoms with van der Waals surface area (Å²) in [5.74, 6) is 2.50. The summed E-state index contributed by atoms with van der Waals surface area (Å²) in [6.45, 7) is 13.5. The Labute approximate surface area is 167 Å². The highest BCUT2D eigenvalue weighted by Crippen LogP contribution is 2.33. The molecule has 0 saturated heterocycles. The van der Waals surface area contributed by atoms with Crippen molar-refractivity contribution in [2.24, 2.45) is 17.8 Å². The Balaban J connectivity index is 3.61. The van der Waals surface area contributed by atoms with E-state index in [1.807, 2.05) is 0 Å². The number of hydrogen-bond acceptors (Lipinski definition) is 0. The van der Waals surface area contributed by atoms with Crippen molar-refractivity contribution in [1.82, 2.24) is 0 Å². The molecule has 26 heavy (non-hydrogen) atoms. The van der Waals surface area contributed by atoms with E-state index in [9.17, 15) is 0 Å². The van der Waals surface area contributed by atoms with Gasteiger partial charge in [-0.05, 0) is 24.2 Å². The van der Waals surface area contributed by atoms with Gasteiger partial charge in [0.25, 0.3) is 0 Å². The van der Waals surface area contributed by atoms with Crippen molar-refractivity contribution in [3.8, 4) is 0 Å². The predicted molar refractivity (Wildman–Crippen MR) is 122 cm³/mol. The molecule has 3 unspecified atom stereocenters. The largest absolute Gasteiger partial charge is 0.103 e. The van der Waals surface area contributed by atoms with Gasteiger partial charge in [-0.1, -0.05) is 137 Å². The molecule has 0 rings (SSSR count). The van der Waals surface area contributed by atoms with Crippen molar-refractivity contribution in [1.29, 1.82) is 0 Å². The van der Waals surface area contributed by atoms with Crippen LogP contribution >= 0.6 is 0 Å². The number of unbranched alkanes of at least 4 members (excludes halogenated alkanes) is 12. The van der Waals surface area contributed by atoms with Gasteiger partial charge in [-0.25, -0.2) is 0 Å². The van der Waals surface area contributed by atoms with Crippen molar-refractivity contribution < 1.29 is 0 Å². The lowest BCUT2D eigenvalue weighted by Crippen LogP contribution is -2.21. The molecule has 0 N–H and O–H groups in total. The predicted octanol–water partition coefficient (Wildman–Crippen LogP) is 9.73. The lowest BCUT2D eigenvalue weighted by atomic mass is 9.75. The fourth-order valence-corrected chi connectivity index (χ4v) is 4.78. The molecule has 0 aromatic rings. The van der Waals surface area contributed by atoms with Gasteiger partial charge in [-0.2, -0.15) is 0 Å². The van der Waals surface area contributed by atoms with Crippen LogP contribution in [0.25, 0.3) is 0 Å². The molecule has 156 valence electrons. The van der Waals surface area contributed by atoms with Crippen LogP contribution in [0.5, 0.6) is 0 Å². The quantitative estimate of drug-likeness (QED) is 0.149. The topological polar surface area (TPSA) is 0 Å². The molecule has 0 heteroatoms. The maximum absolute atomic E-state index is 4.09. The Morgan fingerprint density at radius 1 is 0.577 bits per heavy atom. The van der Waals surface area contributed by atoms with E-state index in [-0.39, 0.29) is 0 Å². The molecule has 3 atom stereocenters. The van der Waals surface area contributed by atoms with Crippen LogP contribution in [0.1, 0.15) is 137 Å². The van der Waals surface area contributed by atoms with E-state index >= 15 is 0 Å². The Bertz CT molecular complexity index is 280. The van der Waals surface area contributed by atoms with Gasteiger partial charge in [0.15, 0.2) is 0 Å². The highest BCUT2D eigenvalue weighted by Gasteiger charge is 2.23. The van der Waals surface area contributed by atoms with Crippen LogP contribution in [0.4, 0.5) is 0 Å². The molecule has 0 aromatic heterocycles. The van der Waals surface area contributed by atoms with Crippen LogP contribution in [-0.4, -0.2) is 0 Å². The van der Waals surface area contributed by atoms with Gasteiger partial charge in [0.1, 0.15) is 0 Å². The third kappa shape index (κ3) is 13.0. The van der Waals surface area contributed by atoms with Crippen molar-refractivity contribution in [3.05, 3.63) is 12.7 Å². The normalized spacial score (nSPS) is 14.9. The second-order valence-electron chi connectivity index (χ2n) is 8.58. The first-order valence-corrected chi connectivity index (χ1v) is 12.4. The molecular weight excluding hydrogens is 312 g/mol. The Morgan fingerprint density at radius 3 is 1.38 bits per heavy atom. The Morgan fingerprint density at radius 2 is 1.04 bits per heavy atom. The van der Waals surface area contributed by atoms with Crippen LogP contribution in [0.15, 0.2) is 12.7 Å². The van der Waals surface area contributed by atoms with E-state index in [1.54, 1.807) is 0 Å². The van der Waals surface area contributed by atoms with Gasteiger partial charge in [-0.15, -0.1) is 6.58 Å². The van der Waals surface area contributed by atoms with Crippen LogP contribution in [0.3, 0.4) is 0 Å². The number of allylic oxidation sites excluding steroid dienone is 1. The molecule has 0 radical (unpaired) electrons. The fraction of sp³-hybridized carbons (Fsp3) is 0.923. The molecule has 0 spiro atoms. The summed E-state index contributed by atoms with van der Waals surface area (Å²) in [5, 5.41) is 0. The summed E-state index contributed by atoms with van der Waals surface area (Å²) >= 11 is 0. The van der Waals surface area contributed by atoms with Crippen LogP contribution < -0.4 is 0 Å². The standard InChI is InChI=1S/C26H52/c1-6-11-12-13-14-15-16-17-18-19-20-21-22-23-25(9-4)26(10-5)24(7-2)8-3/h7,24-26H,2,6,8-23H2,1,3-5H3. The van der Waals surface area contributed by atoms with Crippen LogP contribution in [0.2, 0.25) is 0 Å². The van der Waals surface area contributed by atoms with Gasteiger partial charge in [0, 0.05) is 0 Å². The van der Waals surface area contributed by atoms with Crippen molar-refractivity contribution in [2.75, 3.05) is 0 Å². The maximum atomic E-state index is 4.09. The average Bonchev–Trinajstić information content (AvgIpc) is 2.67. The van der Waals surface area contributed by atoms with E-state index in [0.717, 1.165) is 17.8 Å². The summed E-state index contributed by atoms with van der Waals surface area (Å²) in [4.78, 5) is 0. The van der Waals surface area contributed by atoms with Gasteiger partial charge in [0.05, 0.1) is 0 Å². The summed E-state index contributed by atoms with van der Waals surface area (Å²) in [5.41, 5.74) is 0. The lowest BCUT2D eigenvalue weighted by Gasteiger charge is -2.30. The van der Waals surface area contributed by atoms with Gasteiger partial charge in [-0.3, -0.25) is 0 Å². The molecule has 0 bridgehead atoms. The van der Waals surface area contributed by atoms with Crippen molar-refractivity contribution in [2.45, 2.75) is 137 Å². The van der Waals surface area contributed by atoms with E-state index in [0.29, 0.717) is 0 Å². The molecular formula is C26H52. The molecule has 0 aliphatic heterocycles. The molecule has 0 aliphatic carbocycles. The first-order chi connectivity index (χ1) is 12.7. The van der Waals surface area contributed by atoms with Crippen molar-refractivity contribution >= 4 is 0 Å². The van der Waals surface area contributed by atoms with E-state index in [2.05, 4.69) is 40.3 Å². The monoisotopic (exact) mass is 364 g/mol. The first-order valence-electron chi connectivity index (χ1n) is 12.4. The van der Waals surface area contributed by atoms with Crippen LogP contribution in [-0.2, 0) is 0 Å². The zero-order chi connectivity index (χ0) is 19.5. The smallest absolute Gasteiger partial charge is 0.0208 e. The van der Waals surface area contributed by atoms with E-state index in [4.69, 9.17) is 0 Å². The van der Waals surface area contributed by atoms with Crippen molar-refractivity contribution in [3.63, 3.8) is 0 Å². The summed E-state index contributed by atoms with van der Waals surface area (Å²) in [6.07, 6.45) is 26.5. The molecule has 0 aromatic carbocycles. The SMILES string of the molecule is C=CC(CC)C(CC)C(CC)CCCCCCCCCCCCCCC. The second-order valence-corrected chi connectivity index (χ2v) is 8.58.